The lowest BCUT2D eigenvalue weighted by molar-refractivity contribution is -0.139. The number of carbonyl (C=O) groups excluding carboxylic acids is 1. The molecule has 2 aromatic carbocycles. The fourth-order valence-electron chi connectivity index (χ4n) is 2.96. The highest BCUT2D eigenvalue weighted by molar-refractivity contribution is 5.76. The molecule has 1 aliphatic rings. The Morgan fingerprint density at radius 1 is 1.28 bits per heavy atom. The van der Waals surface area contributed by atoms with Gasteiger partial charge in [0.15, 0.2) is 0 Å². The first-order valence-corrected chi connectivity index (χ1v) is 8.33. The normalized spacial score (nSPS) is 17.1. The van der Waals surface area contributed by atoms with Crippen molar-refractivity contribution in [3.8, 4) is 11.8 Å². The molecule has 0 aliphatic carbocycles. The Bertz CT molecular complexity index is 780. The zero-order chi connectivity index (χ0) is 17.6. The Balaban J connectivity index is 1.59. The van der Waals surface area contributed by atoms with E-state index >= 15 is 0 Å². The maximum Gasteiger partial charge on any atom is 0.223 e. The smallest absolute Gasteiger partial charge is 0.223 e. The molecule has 25 heavy (non-hydrogen) atoms. The van der Waals surface area contributed by atoms with Crippen molar-refractivity contribution in [1.82, 2.24) is 4.90 Å². The molecule has 0 unspecified atom stereocenters. The Morgan fingerprint density at radius 2 is 2.08 bits per heavy atom. The molecule has 2 aromatic rings. The summed E-state index contributed by atoms with van der Waals surface area (Å²) in [6.07, 6.45) is 0.875. The van der Waals surface area contributed by atoms with Crippen LogP contribution in [-0.2, 0) is 16.0 Å². The molecule has 1 heterocycles. The molecule has 128 valence electrons. The number of nitrogens with zero attached hydrogens (tertiary/aromatic N) is 2. The van der Waals surface area contributed by atoms with Crippen LogP contribution < -0.4 is 0 Å². The average molecular weight is 336 g/mol. The fourth-order valence-corrected chi connectivity index (χ4v) is 2.96. The number of carbonyl (C=O) groups is 1. The van der Waals surface area contributed by atoms with E-state index in [2.05, 4.69) is 6.07 Å². The van der Waals surface area contributed by atoms with Crippen molar-refractivity contribution >= 4 is 5.91 Å². The van der Waals surface area contributed by atoms with Crippen LogP contribution in [0.3, 0.4) is 0 Å². The molecule has 1 aliphatic heterocycles. The van der Waals surface area contributed by atoms with Gasteiger partial charge in [-0.1, -0.05) is 24.3 Å². The van der Waals surface area contributed by atoms with Crippen molar-refractivity contribution in [1.29, 1.82) is 5.26 Å². The number of phenols is 1. The molecule has 1 amide bonds. The van der Waals surface area contributed by atoms with Crippen molar-refractivity contribution in [3.05, 3.63) is 65.2 Å². The van der Waals surface area contributed by atoms with Gasteiger partial charge < -0.3 is 14.7 Å². The topological polar surface area (TPSA) is 73.6 Å². The first-order valence-electron chi connectivity index (χ1n) is 8.33. The largest absolute Gasteiger partial charge is 0.508 e. The summed E-state index contributed by atoms with van der Waals surface area (Å²) in [6.45, 7) is 1.58. The summed E-state index contributed by atoms with van der Waals surface area (Å²) in [5.74, 6) is 0.323. The van der Waals surface area contributed by atoms with E-state index in [9.17, 15) is 9.90 Å². The second kappa shape index (κ2) is 7.82. The number of nitriles is 1. The summed E-state index contributed by atoms with van der Waals surface area (Å²) < 4.78 is 5.79. The number of benzene rings is 2. The number of rotatable bonds is 4. The number of morpholine rings is 1. The lowest BCUT2D eigenvalue weighted by Crippen LogP contribution is -2.42. The average Bonchev–Trinajstić information content (AvgIpc) is 2.67. The van der Waals surface area contributed by atoms with E-state index in [0.29, 0.717) is 38.1 Å². The minimum absolute atomic E-state index is 0.0952. The predicted octanol–water partition coefficient (Wildman–Crippen LogP) is 2.80. The lowest BCUT2D eigenvalue weighted by atomic mass is 10.0. The van der Waals surface area contributed by atoms with Crippen molar-refractivity contribution in [2.24, 2.45) is 0 Å². The maximum absolute atomic E-state index is 12.5. The zero-order valence-corrected chi connectivity index (χ0v) is 13.9. The summed E-state index contributed by atoms with van der Waals surface area (Å²) >= 11 is 0. The number of ether oxygens (including phenoxy) is 1. The number of hydrogen-bond acceptors (Lipinski definition) is 4. The van der Waals surface area contributed by atoms with Gasteiger partial charge in [-0.15, -0.1) is 0 Å². The molecule has 5 nitrogen and oxygen atoms in total. The first-order chi connectivity index (χ1) is 12.2. The number of aryl methyl sites for hydroxylation is 1. The van der Waals surface area contributed by atoms with Gasteiger partial charge in [0, 0.05) is 13.0 Å². The maximum atomic E-state index is 12.5. The van der Waals surface area contributed by atoms with Gasteiger partial charge in [-0.3, -0.25) is 4.79 Å². The minimum atomic E-state index is -0.195. The fraction of sp³-hybridized carbons (Fsp3) is 0.300. The van der Waals surface area contributed by atoms with Gasteiger partial charge in [0.05, 0.1) is 24.8 Å². The molecule has 0 spiro atoms. The van der Waals surface area contributed by atoms with Gasteiger partial charge in [-0.25, -0.2) is 0 Å². The summed E-state index contributed by atoms with van der Waals surface area (Å²) in [5.41, 5.74) is 2.55. The van der Waals surface area contributed by atoms with Gasteiger partial charge in [-0.2, -0.15) is 5.26 Å². The molecule has 5 heteroatoms. The summed E-state index contributed by atoms with van der Waals surface area (Å²) in [6, 6.07) is 16.4. The van der Waals surface area contributed by atoms with Crippen LogP contribution in [-0.4, -0.2) is 35.6 Å². The van der Waals surface area contributed by atoms with E-state index in [4.69, 9.17) is 10.00 Å². The molecule has 0 bridgehead atoms. The zero-order valence-electron chi connectivity index (χ0n) is 13.9. The molecule has 1 atom stereocenters. The molecule has 1 N–H and O–H groups in total. The van der Waals surface area contributed by atoms with Crippen LogP contribution >= 0.6 is 0 Å². The molecule has 3 rings (SSSR count). The number of aromatic hydroxyl groups is 1. The Kier molecular flexibility index (Phi) is 5.32. The highest BCUT2D eigenvalue weighted by atomic mass is 16.5. The third-order valence-corrected chi connectivity index (χ3v) is 4.37. The van der Waals surface area contributed by atoms with Crippen LogP contribution in [0, 0.1) is 11.3 Å². The van der Waals surface area contributed by atoms with Crippen molar-refractivity contribution < 1.29 is 14.6 Å². The van der Waals surface area contributed by atoms with Crippen molar-refractivity contribution in [2.45, 2.75) is 18.9 Å². The number of phenolic OH excluding ortho intramolecular Hbond substituents is 1. The highest BCUT2D eigenvalue weighted by Gasteiger charge is 2.25. The molecule has 1 fully saturated rings. The van der Waals surface area contributed by atoms with E-state index in [1.165, 1.54) is 0 Å². The van der Waals surface area contributed by atoms with Crippen LogP contribution in [0.2, 0.25) is 0 Å². The van der Waals surface area contributed by atoms with E-state index in [1.54, 1.807) is 18.2 Å². The van der Waals surface area contributed by atoms with Crippen LogP contribution in [0.25, 0.3) is 0 Å². The lowest BCUT2D eigenvalue weighted by Gasteiger charge is -2.33. The van der Waals surface area contributed by atoms with Gasteiger partial charge in [0.2, 0.25) is 5.91 Å². The van der Waals surface area contributed by atoms with E-state index in [-0.39, 0.29) is 17.8 Å². The minimum Gasteiger partial charge on any atom is -0.508 e. The Morgan fingerprint density at radius 3 is 2.84 bits per heavy atom. The summed E-state index contributed by atoms with van der Waals surface area (Å²) in [5, 5.41) is 18.3. The first kappa shape index (κ1) is 17.0. The third kappa shape index (κ3) is 4.37. The van der Waals surface area contributed by atoms with Crippen LogP contribution in [0.4, 0.5) is 0 Å². The third-order valence-electron chi connectivity index (χ3n) is 4.37. The Labute approximate surface area is 147 Å². The monoisotopic (exact) mass is 336 g/mol. The quantitative estimate of drug-likeness (QED) is 0.932. The molecular formula is C20H20N2O3. The summed E-state index contributed by atoms with van der Waals surface area (Å²) in [7, 11) is 0. The molecule has 1 saturated heterocycles. The van der Waals surface area contributed by atoms with Crippen molar-refractivity contribution in [3.63, 3.8) is 0 Å². The SMILES string of the molecule is N#Cc1cccc([C@H]2CN(C(=O)CCc3ccc(O)cc3)CCO2)c1. The molecule has 0 radical (unpaired) electrons. The number of hydrogen-bond donors (Lipinski definition) is 1. The van der Waals surface area contributed by atoms with Crippen LogP contribution in [0.15, 0.2) is 48.5 Å². The van der Waals surface area contributed by atoms with E-state index < -0.39 is 0 Å². The predicted molar refractivity (Wildman–Crippen MR) is 92.9 cm³/mol. The van der Waals surface area contributed by atoms with Crippen LogP contribution in [0.5, 0.6) is 5.75 Å². The van der Waals surface area contributed by atoms with Crippen LogP contribution in [0.1, 0.15) is 29.2 Å². The molecule has 0 saturated carbocycles. The van der Waals surface area contributed by atoms with E-state index in [1.807, 2.05) is 35.2 Å². The second-order valence-electron chi connectivity index (χ2n) is 6.10. The van der Waals surface area contributed by atoms with E-state index in [0.717, 1.165) is 11.1 Å². The van der Waals surface area contributed by atoms with Gasteiger partial charge >= 0.3 is 0 Å². The molecular weight excluding hydrogens is 316 g/mol. The second-order valence-corrected chi connectivity index (χ2v) is 6.10. The number of amides is 1. The standard InChI is InChI=1S/C20H20N2O3/c21-13-16-2-1-3-17(12-16)19-14-22(10-11-25-19)20(24)9-6-15-4-7-18(23)8-5-15/h1-5,7-8,12,19,23H,6,9-11,14H2/t19-/m1/s1. The van der Waals surface area contributed by atoms with Gasteiger partial charge in [-0.05, 0) is 41.8 Å². The van der Waals surface area contributed by atoms with Gasteiger partial charge in [0.25, 0.3) is 0 Å². The Hall–Kier alpha value is -2.84. The van der Waals surface area contributed by atoms with Crippen molar-refractivity contribution in [2.75, 3.05) is 19.7 Å². The van der Waals surface area contributed by atoms with Gasteiger partial charge in [0.1, 0.15) is 11.9 Å². The highest BCUT2D eigenvalue weighted by Crippen LogP contribution is 2.23. The molecule has 0 aromatic heterocycles. The summed E-state index contributed by atoms with van der Waals surface area (Å²) in [4.78, 5) is 14.3.